The van der Waals surface area contributed by atoms with Gasteiger partial charge in [0, 0.05) is 93.7 Å². The van der Waals surface area contributed by atoms with Crippen LogP contribution in [0.3, 0.4) is 0 Å². The van der Waals surface area contributed by atoms with Crippen molar-refractivity contribution in [1.82, 2.24) is 38.2 Å². The van der Waals surface area contributed by atoms with E-state index in [0.717, 1.165) is 78.5 Å². The molecule has 0 unspecified atom stereocenters. The minimum Gasteiger partial charge on any atom is -0.309 e. The van der Waals surface area contributed by atoms with Gasteiger partial charge in [-0.25, -0.2) is 19.9 Å². The second kappa shape index (κ2) is 30.9. The molecule has 6 heterocycles. The summed E-state index contributed by atoms with van der Waals surface area (Å²) in [5, 5.41) is 9.95. The first-order chi connectivity index (χ1) is 61.5. The fraction of sp³-hybridized carbons (Fsp3) is 0. The molecule has 0 bridgehead atoms. The third-order valence-electron chi connectivity index (χ3n) is 24.3. The van der Waals surface area contributed by atoms with Crippen molar-refractivity contribution < 1.29 is 0 Å². The number of para-hydroxylation sites is 6. The highest BCUT2D eigenvalue weighted by molar-refractivity contribution is 6.15. The molecule has 0 aliphatic carbocycles. The number of aromatic nitrogens is 8. The number of benzene rings is 18. The van der Waals surface area contributed by atoms with Crippen LogP contribution in [0, 0.1) is 0 Å². The molecule has 0 aliphatic rings. The maximum Gasteiger partial charge on any atom is 0.164 e. The van der Waals surface area contributed by atoms with E-state index in [0.29, 0.717) is 17.5 Å². The van der Waals surface area contributed by atoms with E-state index in [1.807, 2.05) is 72.8 Å². The van der Waals surface area contributed by atoms with Crippen molar-refractivity contribution >= 4 is 87.2 Å². The van der Waals surface area contributed by atoms with E-state index in [1.165, 1.54) is 126 Å². The molecule has 0 spiro atoms. The molecule has 0 fully saturated rings. The fourth-order valence-electron chi connectivity index (χ4n) is 18.3. The average molecular weight is 1580 g/mol. The minimum absolute atomic E-state index is 0.643. The van der Waals surface area contributed by atoms with Crippen LogP contribution in [0.4, 0.5) is 0 Å². The normalized spacial score (nSPS) is 11.5. The van der Waals surface area contributed by atoms with Crippen molar-refractivity contribution in [3.8, 4) is 135 Å². The predicted molar refractivity (Wildman–Crippen MR) is 516 cm³/mol. The molecule has 6 aromatic heterocycles. The van der Waals surface area contributed by atoms with Crippen LogP contribution < -0.4 is 0 Å². The van der Waals surface area contributed by atoms with Gasteiger partial charge >= 0.3 is 0 Å². The number of hydrogen-bond acceptors (Lipinski definition) is 4. The van der Waals surface area contributed by atoms with E-state index < -0.39 is 0 Å². The van der Waals surface area contributed by atoms with Gasteiger partial charge in [0.2, 0.25) is 0 Å². The van der Waals surface area contributed by atoms with Crippen molar-refractivity contribution in [2.75, 3.05) is 0 Å². The van der Waals surface area contributed by atoms with Crippen LogP contribution in [0.25, 0.3) is 222 Å². The molecule has 0 saturated carbocycles. The van der Waals surface area contributed by atoms with Gasteiger partial charge in [-0.05, 0) is 177 Å². The van der Waals surface area contributed by atoms with Crippen molar-refractivity contribution in [3.63, 3.8) is 0 Å². The van der Waals surface area contributed by atoms with E-state index in [-0.39, 0.29) is 0 Å². The Morgan fingerprint density at radius 3 is 0.702 bits per heavy atom. The Labute approximate surface area is 716 Å². The monoisotopic (exact) mass is 1580 g/mol. The number of hydrogen-bond donors (Lipinski definition) is 0. The summed E-state index contributed by atoms with van der Waals surface area (Å²) in [5.74, 6) is 1.95. The maximum atomic E-state index is 5.08. The Bertz CT molecular complexity index is 7540. The van der Waals surface area contributed by atoms with Crippen molar-refractivity contribution in [3.05, 3.63) is 461 Å². The lowest BCUT2D eigenvalue weighted by Gasteiger charge is -2.12. The quantitative estimate of drug-likeness (QED) is 0.109. The van der Waals surface area contributed by atoms with Gasteiger partial charge in [-0.2, -0.15) is 0 Å². The highest BCUT2D eigenvalue weighted by Gasteiger charge is 2.22. The molecule has 0 radical (unpaired) electrons. The van der Waals surface area contributed by atoms with Crippen LogP contribution in [0.15, 0.2) is 461 Å². The third kappa shape index (κ3) is 13.1. The topological polar surface area (TPSA) is 71.3 Å². The maximum absolute atomic E-state index is 5.08. The molecule has 18 aromatic carbocycles. The molecule has 8 heteroatoms. The van der Waals surface area contributed by atoms with Gasteiger partial charge in [-0.1, -0.05) is 340 Å². The summed E-state index contributed by atoms with van der Waals surface area (Å²) >= 11 is 0. The number of pyridine rings is 1. The second-order valence-corrected chi connectivity index (χ2v) is 31.7. The van der Waals surface area contributed by atoms with E-state index in [9.17, 15) is 0 Å². The average Bonchev–Trinajstić information content (AvgIpc) is 1.59. The van der Waals surface area contributed by atoms with Gasteiger partial charge in [0.15, 0.2) is 17.5 Å². The zero-order valence-corrected chi connectivity index (χ0v) is 67.5. The second-order valence-electron chi connectivity index (χ2n) is 31.7. The Hall–Kier alpha value is -16.7. The summed E-state index contributed by atoms with van der Waals surface area (Å²) in [5.41, 5.74) is 32.8. The SMILES string of the molecule is c1ccc(-c2cc(-c3ccc(-c4ccc(-n5c6ccccc6c6ccc(-c7ccc8c(c7)c7ccccc7n8-c7ccccc7)cc65)cc4)cc3)cc(-c3ccccc3)n2)cc1.c1ccc(-c2nc(-c3ccccc3)nc(-c3ccc(-c4ccc(-n5c6ccccc6c6ccc(-c7ccc8c(c7)c7ccccc7n8-c7ccccc7)cc65)cc4)cc3)n2)cc1. The third-order valence-corrected chi connectivity index (χ3v) is 24.3. The van der Waals surface area contributed by atoms with E-state index in [4.69, 9.17) is 19.9 Å². The number of nitrogens with zero attached hydrogens (tertiary/aromatic N) is 8. The van der Waals surface area contributed by atoms with Gasteiger partial charge in [-0.3, -0.25) is 0 Å². The molecule has 124 heavy (non-hydrogen) atoms. The summed E-state index contributed by atoms with van der Waals surface area (Å²) in [6, 6.07) is 165. The van der Waals surface area contributed by atoms with Crippen molar-refractivity contribution in [2.45, 2.75) is 0 Å². The highest BCUT2D eigenvalue weighted by atomic mass is 15.0. The van der Waals surface area contributed by atoms with Crippen molar-refractivity contribution in [2.24, 2.45) is 0 Å². The molecule has 8 nitrogen and oxygen atoms in total. The van der Waals surface area contributed by atoms with Crippen LogP contribution >= 0.6 is 0 Å². The Morgan fingerprint density at radius 2 is 0.347 bits per heavy atom. The van der Waals surface area contributed by atoms with Crippen LogP contribution in [0.5, 0.6) is 0 Å². The zero-order chi connectivity index (χ0) is 82.0. The molecular weight excluding hydrogens is 1510 g/mol. The van der Waals surface area contributed by atoms with Gasteiger partial charge in [-0.15, -0.1) is 0 Å². The molecule has 24 rings (SSSR count). The molecule has 580 valence electrons. The molecular formula is C116H76N8. The molecule has 0 aliphatic heterocycles. The lowest BCUT2D eigenvalue weighted by molar-refractivity contribution is 1.07. The van der Waals surface area contributed by atoms with Gasteiger partial charge in [0.05, 0.1) is 55.5 Å². The molecule has 24 aromatic rings. The minimum atomic E-state index is 0.643. The zero-order valence-electron chi connectivity index (χ0n) is 67.5. The summed E-state index contributed by atoms with van der Waals surface area (Å²) in [7, 11) is 0. The smallest absolute Gasteiger partial charge is 0.164 e. The summed E-state index contributed by atoms with van der Waals surface area (Å²) in [6.45, 7) is 0. The fourth-order valence-corrected chi connectivity index (χ4v) is 18.3. The lowest BCUT2D eigenvalue weighted by Crippen LogP contribution is -2.00. The predicted octanol–water partition coefficient (Wildman–Crippen LogP) is 30.0. The Balaban J connectivity index is 0.000000143. The molecule has 0 saturated heterocycles. The van der Waals surface area contributed by atoms with E-state index in [1.54, 1.807) is 0 Å². The van der Waals surface area contributed by atoms with Crippen LogP contribution in [-0.2, 0) is 0 Å². The van der Waals surface area contributed by atoms with Crippen molar-refractivity contribution in [1.29, 1.82) is 0 Å². The summed E-state index contributed by atoms with van der Waals surface area (Å²) < 4.78 is 9.55. The highest BCUT2D eigenvalue weighted by Crippen LogP contribution is 2.43. The van der Waals surface area contributed by atoms with E-state index in [2.05, 4.69) is 407 Å². The van der Waals surface area contributed by atoms with E-state index >= 15 is 0 Å². The van der Waals surface area contributed by atoms with Gasteiger partial charge < -0.3 is 18.3 Å². The largest absolute Gasteiger partial charge is 0.309 e. The number of fused-ring (bicyclic) bond motifs is 12. The first kappa shape index (κ1) is 72.5. The lowest BCUT2D eigenvalue weighted by atomic mass is 9.97. The first-order valence-corrected chi connectivity index (χ1v) is 42.1. The van der Waals surface area contributed by atoms with Gasteiger partial charge in [0.1, 0.15) is 0 Å². The molecule has 0 amide bonds. The summed E-state index contributed by atoms with van der Waals surface area (Å²) in [4.78, 5) is 19.8. The van der Waals surface area contributed by atoms with Crippen LogP contribution in [0.2, 0.25) is 0 Å². The number of rotatable bonds is 14. The Kier molecular flexibility index (Phi) is 18.1. The summed E-state index contributed by atoms with van der Waals surface area (Å²) in [6.07, 6.45) is 0. The van der Waals surface area contributed by atoms with Crippen LogP contribution in [0.1, 0.15) is 0 Å². The first-order valence-electron chi connectivity index (χ1n) is 42.1. The van der Waals surface area contributed by atoms with Gasteiger partial charge in [0.25, 0.3) is 0 Å². The molecule has 0 N–H and O–H groups in total. The van der Waals surface area contributed by atoms with Crippen LogP contribution in [-0.4, -0.2) is 38.2 Å². The molecule has 0 atom stereocenters. The standard InChI is InChI=1S/C59H39N3.C57H37N5/c1-4-14-43(15-5-1)54-37-47(38-55(60-54)44-16-6-2-7-17-44)42-26-24-40(25-27-42)41-28-32-49(33-29-41)62-56-22-12-10-20-50(56)52-34-30-46(39-59(52)62)45-31-35-58-53(36-45)51-21-11-13-23-57(51)61(58)48-18-8-3-9-19-48;1-4-14-40(15-5-1)55-58-56(41-16-6-2-7-17-41)60-57(59-55)42-26-24-38(25-27-42)39-28-32-46(33-29-39)62-51-22-12-10-20-47(51)49-34-30-44(37-54(49)62)43-31-35-53-50(36-43)48-21-11-13-23-52(48)61(53)45-18-8-3-9-19-45/h1-39H;1-37H. The Morgan fingerprint density at radius 1 is 0.121 bits per heavy atom.